The van der Waals surface area contributed by atoms with Crippen molar-refractivity contribution in [2.24, 2.45) is 0 Å². The molecule has 6 nitrogen and oxygen atoms in total. The van der Waals surface area contributed by atoms with Crippen LogP contribution >= 0.6 is 0 Å². The Morgan fingerprint density at radius 2 is 1.75 bits per heavy atom. The Bertz CT molecular complexity index is 984. The summed E-state index contributed by atoms with van der Waals surface area (Å²) < 4.78 is 45.7. The van der Waals surface area contributed by atoms with Crippen LogP contribution in [-0.2, 0) is 27.7 Å². The Morgan fingerprint density at radius 1 is 1.04 bits per heavy atom. The van der Waals surface area contributed by atoms with Crippen LogP contribution in [0.3, 0.4) is 0 Å². The molecule has 0 N–H and O–H groups in total. The molecule has 28 heavy (non-hydrogen) atoms. The fourth-order valence-corrected chi connectivity index (χ4v) is 5.01. The number of amides is 1. The smallest absolute Gasteiger partial charge is 0.243 e. The molecule has 2 heterocycles. The van der Waals surface area contributed by atoms with Crippen LogP contribution in [-0.4, -0.2) is 56.3 Å². The van der Waals surface area contributed by atoms with Crippen LogP contribution in [0.15, 0.2) is 47.4 Å². The van der Waals surface area contributed by atoms with E-state index < -0.39 is 10.0 Å². The van der Waals surface area contributed by atoms with E-state index in [1.165, 1.54) is 16.4 Å². The zero-order valence-electron chi connectivity index (χ0n) is 15.3. The highest BCUT2D eigenvalue weighted by atomic mass is 32.2. The average Bonchev–Trinajstić information content (AvgIpc) is 3.17. The summed E-state index contributed by atoms with van der Waals surface area (Å²) >= 11 is 0. The predicted molar refractivity (Wildman–Crippen MR) is 101 cm³/mol. The summed E-state index contributed by atoms with van der Waals surface area (Å²) in [5, 5.41) is 0. The van der Waals surface area contributed by atoms with Crippen LogP contribution in [0.2, 0.25) is 0 Å². The van der Waals surface area contributed by atoms with Crippen LogP contribution in [0.4, 0.5) is 4.39 Å². The number of hydrogen-bond donors (Lipinski definition) is 0. The van der Waals surface area contributed by atoms with Gasteiger partial charge in [0, 0.05) is 32.6 Å². The lowest BCUT2D eigenvalue weighted by Gasteiger charge is -2.34. The minimum atomic E-state index is -3.60. The Labute approximate surface area is 163 Å². The molecule has 0 aliphatic carbocycles. The molecule has 0 spiro atoms. The van der Waals surface area contributed by atoms with Gasteiger partial charge in [-0.15, -0.1) is 0 Å². The van der Waals surface area contributed by atoms with Gasteiger partial charge < -0.3 is 9.64 Å². The molecule has 2 aromatic rings. The van der Waals surface area contributed by atoms with E-state index in [1.807, 2.05) is 0 Å². The Balaban J connectivity index is 1.39. The molecule has 0 atom stereocenters. The van der Waals surface area contributed by atoms with Crippen LogP contribution in [0.25, 0.3) is 0 Å². The Kier molecular flexibility index (Phi) is 5.07. The van der Waals surface area contributed by atoms with Crippen molar-refractivity contribution in [2.75, 3.05) is 32.8 Å². The first-order chi connectivity index (χ1) is 13.4. The molecule has 0 bridgehead atoms. The quantitative estimate of drug-likeness (QED) is 0.780. The number of carbonyl (C=O) groups is 1. The molecule has 0 radical (unpaired) electrons. The van der Waals surface area contributed by atoms with E-state index in [4.69, 9.17) is 4.74 Å². The third-order valence-electron chi connectivity index (χ3n) is 5.16. The van der Waals surface area contributed by atoms with Gasteiger partial charge in [0.25, 0.3) is 0 Å². The number of hydrogen-bond acceptors (Lipinski definition) is 4. The molecule has 0 saturated carbocycles. The lowest BCUT2D eigenvalue weighted by atomic mass is 10.1. The number of ether oxygens (including phenoxy) is 1. The van der Waals surface area contributed by atoms with Crippen molar-refractivity contribution in [2.45, 2.75) is 17.7 Å². The number of benzene rings is 2. The second kappa shape index (κ2) is 7.52. The van der Waals surface area contributed by atoms with E-state index in [0.29, 0.717) is 26.1 Å². The standard InChI is InChI=1S/C20H21FN2O4S/c21-17-3-1-15(2-4-17)13-20(24)22-8-10-23(11-9-22)28(25,26)18-5-6-19-16(14-18)7-12-27-19/h1-6,14H,7-13H2. The molecule has 1 amide bonds. The summed E-state index contributed by atoms with van der Waals surface area (Å²) in [5.74, 6) is 0.321. The third-order valence-corrected chi connectivity index (χ3v) is 7.05. The fourth-order valence-electron chi connectivity index (χ4n) is 3.54. The second-order valence-corrected chi connectivity index (χ2v) is 8.89. The number of fused-ring (bicyclic) bond motifs is 1. The number of piperazine rings is 1. The maximum Gasteiger partial charge on any atom is 0.243 e. The Morgan fingerprint density at radius 3 is 2.46 bits per heavy atom. The molecule has 0 unspecified atom stereocenters. The number of rotatable bonds is 4. The van der Waals surface area contributed by atoms with Crippen molar-refractivity contribution in [1.29, 1.82) is 0 Å². The molecule has 0 aromatic heterocycles. The highest BCUT2D eigenvalue weighted by Gasteiger charge is 2.31. The van der Waals surface area contributed by atoms with Gasteiger partial charge >= 0.3 is 0 Å². The normalized spacial score (nSPS) is 17.2. The molecule has 1 saturated heterocycles. The molecular weight excluding hydrogens is 383 g/mol. The molecule has 148 valence electrons. The first-order valence-electron chi connectivity index (χ1n) is 9.21. The largest absolute Gasteiger partial charge is 0.493 e. The SMILES string of the molecule is O=C(Cc1ccc(F)cc1)N1CCN(S(=O)(=O)c2ccc3c(c2)CCO3)CC1. The van der Waals surface area contributed by atoms with E-state index >= 15 is 0 Å². The van der Waals surface area contributed by atoms with Crippen LogP contribution in [0.1, 0.15) is 11.1 Å². The van der Waals surface area contributed by atoms with E-state index in [0.717, 1.165) is 16.9 Å². The van der Waals surface area contributed by atoms with Crippen molar-refractivity contribution >= 4 is 15.9 Å². The predicted octanol–water partition coefficient (Wildman–Crippen LogP) is 1.84. The highest BCUT2D eigenvalue weighted by molar-refractivity contribution is 7.89. The van der Waals surface area contributed by atoms with E-state index in [9.17, 15) is 17.6 Å². The maximum atomic E-state index is 13.0. The van der Waals surface area contributed by atoms with Crippen molar-refractivity contribution in [3.8, 4) is 5.75 Å². The summed E-state index contributed by atoms with van der Waals surface area (Å²) in [4.78, 5) is 14.4. The Hall–Kier alpha value is -2.45. The second-order valence-electron chi connectivity index (χ2n) is 6.96. The molecule has 2 aromatic carbocycles. The van der Waals surface area contributed by atoms with Gasteiger partial charge in [-0.25, -0.2) is 12.8 Å². The van der Waals surface area contributed by atoms with Crippen LogP contribution < -0.4 is 4.74 Å². The number of carbonyl (C=O) groups excluding carboxylic acids is 1. The minimum absolute atomic E-state index is 0.0849. The highest BCUT2D eigenvalue weighted by Crippen LogP contribution is 2.29. The first-order valence-corrected chi connectivity index (χ1v) is 10.7. The van der Waals surface area contributed by atoms with Gasteiger partial charge in [0.15, 0.2) is 0 Å². The van der Waals surface area contributed by atoms with E-state index in [-0.39, 0.29) is 36.1 Å². The summed E-state index contributed by atoms with van der Waals surface area (Å²) in [7, 11) is -3.60. The summed E-state index contributed by atoms with van der Waals surface area (Å²) in [6, 6.07) is 10.8. The van der Waals surface area contributed by atoms with Gasteiger partial charge in [-0.2, -0.15) is 4.31 Å². The zero-order valence-corrected chi connectivity index (χ0v) is 16.1. The summed E-state index contributed by atoms with van der Waals surface area (Å²) in [5.41, 5.74) is 1.65. The van der Waals surface area contributed by atoms with Gasteiger partial charge in [0.1, 0.15) is 11.6 Å². The minimum Gasteiger partial charge on any atom is -0.493 e. The fraction of sp³-hybridized carbons (Fsp3) is 0.350. The first kappa shape index (κ1) is 18.9. The van der Waals surface area contributed by atoms with Crippen molar-refractivity contribution in [3.05, 3.63) is 59.4 Å². The third kappa shape index (κ3) is 3.74. The molecule has 8 heteroatoms. The van der Waals surface area contributed by atoms with Gasteiger partial charge in [0.05, 0.1) is 17.9 Å². The van der Waals surface area contributed by atoms with E-state index in [1.54, 1.807) is 35.2 Å². The molecule has 1 fully saturated rings. The number of halogens is 1. The summed E-state index contributed by atoms with van der Waals surface area (Å²) in [6.45, 7) is 1.77. The number of sulfonamides is 1. The van der Waals surface area contributed by atoms with Crippen LogP contribution in [0.5, 0.6) is 5.75 Å². The van der Waals surface area contributed by atoms with Gasteiger partial charge in [-0.3, -0.25) is 4.79 Å². The lowest BCUT2D eigenvalue weighted by Crippen LogP contribution is -2.50. The zero-order chi connectivity index (χ0) is 19.7. The topological polar surface area (TPSA) is 66.9 Å². The van der Waals surface area contributed by atoms with E-state index in [2.05, 4.69) is 0 Å². The van der Waals surface area contributed by atoms with Crippen LogP contribution in [0, 0.1) is 5.82 Å². The average molecular weight is 404 g/mol. The van der Waals surface area contributed by atoms with Gasteiger partial charge in [0.2, 0.25) is 15.9 Å². The molecule has 2 aliphatic heterocycles. The molecule has 2 aliphatic rings. The van der Waals surface area contributed by atoms with Gasteiger partial charge in [-0.1, -0.05) is 12.1 Å². The van der Waals surface area contributed by atoms with Crippen molar-refractivity contribution in [3.63, 3.8) is 0 Å². The maximum absolute atomic E-state index is 13.0. The monoisotopic (exact) mass is 404 g/mol. The van der Waals surface area contributed by atoms with Crippen molar-refractivity contribution < 1.29 is 22.3 Å². The molecule has 4 rings (SSSR count). The number of nitrogens with zero attached hydrogens (tertiary/aromatic N) is 2. The summed E-state index contributed by atoms with van der Waals surface area (Å²) in [6.07, 6.45) is 0.891. The van der Waals surface area contributed by atoms with Gasteiger partial charge in [-0.05, 0) is 41.5 Å². The van der Waals surface area contributed by atoms with Crippen molar-refractivity contribution in [1.82, 2.24) is 9.21 Å². The molecular formula is C20H21FN2O4S. The lowest BCUT2D eigenvalue weighted by molar-refractivity contribution is -0.131.